The van der Waals surface area contributed by atoms with Gasteiger partial charge in [0.2, 0.25) is 0 Å². The molecule has 0 amide bonds. The average Bonchev–Trinajstić information content (AvgIpc) is 2.90. The van der Waals surface area contributed by atoms with Gasteiger partial charge in [0.25, 0.3) is 0 Å². The van der Waals surface area contributed by atoms with E-state index in [2.05, 4.69) is 26.3 Å². The Morgan fingerprint density at radius 2 is 1.24 bits per heavy atom. The van der Waals surface area contributed by atoms with E-state index in [1.54, 1.807) is 12.2 Å². The Hall–Kier alpha value is -4.19. The van der Waals surface area contributed by atoms with Crippen molar-refractivity contribution in [3.8, 4) is 6.07 Å². The van der Waals surface area contributed by atoms with Gasteiger partial charge in [-0.15, -0.1) is 0 Å². The number of hydrogen-bond donors (Lipinski definition) is 1. The molecule has 0 unspecified atom stereocenters. The standard InChI is InChI=1S/C14H13N.C9H10O.C8H8/c1-3-13(9-12(2)11-15)10-14-7-5-4-6-8-14;1-2-8-3-5-9(7-10)6-4-8;1-2-8-6-4-3-5-7-8/h3-8,10H,1-2,9H2;2-6,10H,1,7H2;2-7H,1H2. The molecule has 0 saturated heterocycles. The number of allylic oxidation sites excluding steroid dienone is 3. The van der Waals surface area contributed by atoms with Crippen molar-refractivity contribution in [2.45, 2.75) is 13.0 Å². The van der Waals surface area contributed by atoms with Crippen LogP contribution in [0, 0.1) is 11.3 Å². The van der Waals surface area contributed by atoms with E-state index in [-0.39, 0.29) is 6.61 Å². The van der Waals surface area contributed by atoms with Gasteiger partial charge < -0.3 is 5.11 Å². The maximum Gasteiger partial charge on any atom is 0.0944 e. The molecule has 0 fully saturated rings. The molecule has 2 heteroatoms. The summed E-state index contributed by atoms with van der Waals surface area (Å²) in [5.41, 5.74) is 5.86. The Labute approximate surface area is 198 Å². The minimum Gasteiger partial charge on any atom is -0.392 e. The van der Waals surface area contributed by atoms with Crippen LogP contribution >= 0.6 is 0 Å². The molecule has 0 atom stereocenters. The van der Waals surface area contributed by atoms with Crippen LogP contribution in [0.15, 0.2) is 128 Å². The van der Waals surface area contributed by atoms with E-state index in [0.717, 1.165) is 22.3 Å². The normalized spacial score (nSPS) is 9.64. The highest BCUT2D eigenvalue weighted by molar-refractivity contribution is 5.56. The van der Waals surface area contributed by atoms with Gasteiger partial charge in [0.05, 0.1) is 12.7 Å². The lowest BCUT2D eigenvalue weighted by Crippen LogP contribution is -1.82. The fourth-order valence-electron chi connectivity index (χ4n) is 2.58. The van der Waals surface area contributed by atoms with Crippen molar-refractivity contribution in [3.63, 3.8) is 0 Å². The second kappa shape index (κ2) is 16.5. The van der Waals surface area contributed by atoms with Crippen LogP contribution in [0.5, 0.6) is 0 Å². The van der Waals surface area contributed by atoms with E-state index in [0.29, 0.717) is 12.0 Å². The summed E-state index contributed by atoms with van der Waals surface area (Å²) in [5.74, 6) is 0. The van der Waals surface area contributed by atoms with Gasteiger partial charge in [-0.2, -0.15) is 5.26 Å². The van der Waals surface area contributed by atoms with Crippen LogP contribution in [0.4, 0.5) is 0 Å². The molecule has 0 aliphatic carbocycles. The van der Waals surface area contributed by atoms with Crippen LogP contribution in [0.1, 0.15) is 28.7 Å². The summed E-state index contributed by atoms with van der Waals surface area (Å²) in [4.78, 5) is 0. The smallest absolute Gasteiger partial charge is 0.0944 e. The molecule has 0 aliphatic heterocycles. The number of nitrogens with zero attached hydrogens (tertiary/aromatic N) is 1. The lowest BCUT2D eigenvalue weighted by atomic mass is 10.0. The van der Waals surface area contributed by atoms with E-state index in [1.165, 1.54) is 5.56 Å². The first-order valence-corrected chi connectivity index (χ1v) is 10.5. The molecule has 3 rings (SSSR count). The van der Waals surface area contributed by atoms with Crippen LogP contribution in [0.3, 0.4) is 0 Å². The van der Waals surface area contributed by atoms with E-state index < -0.39 is 0 Å². The number of aliphatic hydroxyl groups is 1. The zero-order chi connectivity index (χ0) is 24.3. The largest absolute Gasteiger partial charge is 0.392 e. The summed E-state index contributed by atoms with van der Waals surface area (Å²) < 4.78 is 0. The molecule has 0 saturated carbocycles. The third kappa shape index (κ3) is 11.7. The fraction of sp³-hybridized carbons (Fsp3) is 0.0645. The lowest BCUT2D eigenvalue weighted by Gasteiger charge is -2.00. The number of hydrogen-bond acceptors (Lipinski definition) is 2. The van der Waals surface area contributed by atoms with Gasteiger partial charge in [-0.25, -0.2) is 0 Å². The third-order valence-electron chi connectivity index (χ3n) is 4.42. The molecule has 0 spiro atoms. The first kappa shape index (κ1) is 26.8. The molecular formula is C31H31NO. The van der Waals surface area contributed by atoms with Crippen LogP contribution in [-0.2, 0) is 6.61 Å². The van der Waals surface area contributed by atoms with Gasteiger partial charge >= 0.3 is 0 Å². The van der Waals surface area contributed by atoms with Crippen LogP contribution in [-0.4, -0.2) is 5.11 Å². The topological polar surface area (TPSA) is 44.0 Å². The molecule has 0 radical (unpaired) electrons. The second-order valence-electron chi connectivity index (χ2n) is 6.94. The highest BCUT2D eigenvalue weighted by atomic mass is 16.3. The summed E-state index contributed by atoms with van der Waals surface area (Å²) in [7, 11) is 0. The zero-order valence-electron chi connectivity index (χ0n) is 19.0. The van der Waals surface area contributed by atoms with Crippen molar-refractivity contribution in [2.75, 3.05) is 0 Å². The summed E-state index contributed by atoms with van der Waals surface area (Å²) in [5, 5.41) is 17.3. The fourth-order valence-corrected chi connectivity index (χ4v) is 2.58. The van der Waals surface area contributed by atoms with Gasteiger partial charge in [-0.05, 0) is 27.8 Å². The molecule has 2 nitrogen and oxygen atoms in total. The Kier molecular flexibility index (Phi) is 13.4. The van der Waals surface area contributed by atoms with E-state index in [1.807, 2.05) is 103 Å². The summed E-state index contributed by atoms with van der Waals surface area (Å²) in [6.45, 7) is 14.7. The van der Waals surface area contributed by atoms with Crippen molar-refractivity contribution in [3.05, 3.63) is 151 Å². The third-order valence-corrected chi connectivity index (χ3v) is 4.42. The zero-order valence-corrected chi connectivity index (χ0v) is 19.0. The first-order chi connectivity index (χ1) is 16.1. The van der Waals surface area contributed by atoms with Crippen LogP contribution in [0.25, 0.3) is 18.2 Å². The van der Waals surface area contributed by atoms with Gasteiger partial charge in [0, 0.05) is 12.0 Å². The Balaban J connectivity index is 0.000000262. The first-order valence-electron chi connectivity index (χ1n) is 10.5. The van der Waals surface area contributed by atoms with E-state index >= 15 is 0 Å². The van der Waals surface area contributed by atoms with Gasteiger partial charge in [0.15, 0.2) is 0 Å². The summed E-state index contributed by atoms with van der Waals surface area (Å²) >= 11 is 0. The quantitative estimate of drug-likeness (QED) is 0.304. The van der Waals surface area contributed by atoms with Crippen molar-refractivity contribution < 1.29 is 5.11 Å². The second-order valence-corrected chi connectivity index (χ2v) is 6.94. The van der Waals surface area contributed by atoms with Crippen molar-refractivity contribution in [1.82, 2.24) is 0 Å². The predicted molar refractivity (Wildman–Crippen MR) is 143 cm³/mol. The molecule has 3 aromatic carbocycles. The molecule has 0 aliphatic rings. The van der Waals surface area contributed by atoms with E-state index in [4.69, 9.17) is 10.4 Å². The molecule has 166 valence electrons. The number of nitriles is 1. The molecule has 1 N–H and O–H groups in total. The molecule has 0 aromatic heterocycles. The minimum atomic E-state index is 0.109. The average molecular weight is 434 g/mol. The van der Waals surface area contributed by atoms with Crippen LogP contribution < -0.4 is 0 Å². The monoisotopic (exact) mass is 433 g/mol. The maximum atomic E-state index is 8.68. The highest BCUT2D eigenvalue weighted by Crippen LogP contribution is 2.14. The van der Waals surface area contributed by atoms with Gasteiger partial charge in [-0.3, -0.25) is 0 Å². The number of benzene rings is 3. The van der Waals surface area contributed by atoms with Gasteiger partial charge in [-0.1, -0.05) is 136 Å². The summed E-state index contributed by atoms with van der Waals surface area (Å²) in [6, 6.07) is 29.6. The Morgan fingerprint density at radius 3 is 1.64 bits per heavy atom. The molecule has 3 aromatic rings. The van der Waals surface area contributed by atoms with Crippen LogP contribution in [0.2, 0.25) is 0 Å². The Bertz CT molecular complexity index is 1070. The summed E-state index contributed by atoms with van der Waals surface area (Å²) in [6.07, 6.45) is 7.95. The molecule has 33 heavy (non-hydrogen) atoms. The highest BCUT2D eigenvalue weighted by Gasteiger charge is 1.96. The van der Waals surface area contributed by atoms with Crippen molar-refractivity contribution >= 4 is 18.2 Å². The maximum absolute atomic E-state index is 8.68. The van der Waals surface area contributed by atoms with Crippen molar-refractivity contribution in [1.29, 1.82) is 5.26 Å². The number of aliphatic hydroxyl groups excluding tert-OH is 1. The van der Waals surface area contributed by atoms with E-state index in [9.17, 15) is 0 Å². The Morgan fingerprint density at radius 1 is 0.758 bits per heavy atom. The molecule has 0 heterocycles. The van der Waals surface area contributed by atoms with Gasteiger partial charge in [0.1, 0.15) is 0 Å². The lowest BCUT2D eigenvalue weighted by molar-refractivity contribution is 0.282. The predicted octanol–water partition coefficient (Wildman–Crippen LogP) is 7.88. The molecular weight excluding hydrogens is 402 g/mol. The SMILES string of the molecule is C=CC(=Cc1ccccc1)CC(=C)C#N.C=Cc1ccc(CO)cc1.C=Cc1ccccc1. The van der Waals surface area contributed by atoms with Crippen molar-refractivity contribution in [2.24, 2.45) is 0 Å². The number of rotatable bonds is 7. The minimum absolute atomic E-state index is 0.109. The molecule has 0 bridgehead atoms.